The van der Waals surface area contributed by atoms with Crippen LogP contribution in [0.1, 0.15) is 123 Å². The number of allylic oxidation sites excluding steroid dienone is 14. The molecule has 3 atom stereocenters. The van der Waals surface area contributed by atoms with Gasteiger partial charge >= 0.3 is 19.8 Å². The van der Waals surface area contributed by atoms with Gasteiger partial charge < -0.3 is 25.2 Å². The largest absolute Gasteiger partial charge is 0.472 e. The average Bonchev–Trinajstić information content (AvgIpc) is 3.15. The molecule has 0 aromatic carbocycles. The first kappa shape index (κ1) is 50.9. The first-order chi connectivity index (χ1) is 26.2. The maximum absolute atomic E-state index is 12.5. The number of phosphoric ester groups is 1. The Morgan fingerprint density at radius 1 is 0.667 bits per heavy atom. The number of hydrogen-bond acceptors (Lipinski definition) is 9. The molecule has 11 heteroatoms. The molecule has 54 heavy (non-hydrogen) atoms. The standard InChI is InChI=1S/C43H70NO9P/c1-3-5-7-9-11-12-13-14-15-16-17-18-22-26-30-34-42(46)50-38-41(39-52-54(48,49)51-37-36-44)53-43(47)35-31-27-23-20-19-21-25-29-33-40(45)32-28-24-10-8-6-4-2/h6,8,11-12,14-15,17-18,20-21,23-25,28-29,33,40-41,45H,3-5,7,9-10,13,16,19,22,26-27,30-32,34-39,44H2,1-2H3,(H,48,49)/b8-6-,12-11-,15-14-,18-17-,23-20-,25-21-,28-24-,33-29+/t40?,41-/m1/s1. The van der Waals surface area contributed by atoms with Crippen LogP contribution in [0.15, 0.2) is 97.2 Å². The highest BCUT2D eigenvalue weighted by Gasteiger charge is 2.25. The second kappa shape index (κ2) is 38.2. The topological polar surface area (TPSA) is 155 Å². The van der Waals surface area contributed by atoms with Crippen LogP contribution in [0.25, 0.3) is 0 Å². The van der Waals surface area contributed by atoms with Crippen molar-refractivity contribution in [2.24, 2.45) is 5.73 Å². The van der Waals surface area contributed by atoms with E-state index in [1.165, 1.54) is 19.3 Å². The average molecular weight is 776 g/mol. The van der Waals surface area contributed by atoms with Crippen LogP contribution >= 0.6 is 7.82 Å². The zero-order valence-corrected chi connectivity index (χ0v) is 33.9. The molecule has 0 amide bonds. The molecule has 0 saturated heterocycles. The molecular formula is C43H70NO9P. The fourth-order valence-electron chi connectivity index (χ4n) is 4.58. The van der Waals surface area contributed by atoms with E-state index in [9.17, 15) is 24.2 Å². The lowest BCUT2D eigenvalue weighted by atomic mass is 10.1. The number of hydrogen-bond donors (Lipinski definition) is 3. The van der Waals surface area contributed by atoms with Gasteiger partial charge in [-0.3, -0.25) is 18.6 Å². The van der Waals surface area contributed by atoms with Crippen molar-refractivity contribution in [1.82, 2.24) is 0 Å². The van der Waals surface area contributed by atoms with Crippen molar-refractivity contribution < 1.29 is 42.7 Å². The fraction of sp³-hybridized carbons (Fsp3) is 0.581. The highest BCUT2D eigenvalue weighted by Crippen LogP contribution is 2.43. The van der Waals surface area contributed by atoms with E-state index in [-0.39, 0.29) is 32.6 Å². The Kier molecular flexibility index (Phi) is 36.0. The summed E-state index contributed by atoms with van der Waals surface area (Å²) in [5.41, 5.74) is 5.32. The van der Waals surface area contributed by atoms with Crippen molar-refractivity contribution in [3.63, 3.8) is 0 Å². The summed E-state index contributed by atoms with van der Waals surface area (Å²) in [6.45, 7) is 3.34. The Hall–Kier alpha value is -3.11. The zero-order chi connectivity index (χ0) is 39.8. The molecule has 0 fully saturated rings. The van der Waals surface area contributed by atoms with Gasteiger partial charge in [0.1, 0.15) is 6.61 Å². The van der Waals surface area contributed by atoms with Gasteiger partial charge in [-0.1, -0.05) is 124 Å². The zero-order valence-electron chi connectivity index (χ0n) is 33.0. The normalized spacial score (nSPS) is 15.0. The molecule has 0 aromatic rings. The second-order valence-electron chi connectivity index (χ2n) is 12.6. The molecular weight excluding hydrogens is 705 g/mol. The van der Waals surface area contributed by atoms with Gasteiger partial charge in [-0.2, -0.15) is 0 Å². The molecule has 0 aliphatic rings. The van der Waals surface area contributed by atoms with Crippen LogP contribution in [0, 0.1) is 0 Å². The monoisotopic (exact) mass is 775 g/mol. The number of esters is 2. The number of nitrogens with two attached hydrogens (primary N) is 1. The van der Waals surface area contributed by atoms with Crippen molar-refractivity contribution >= 4 is 19.8 Å². The molecule has 2 unspecified atom stereocenters. The van der Waals surface area contributed by atoms with Crippen molar-refractivity contribution in [1.29, 1.82) is 0 Å². The highest BCUT2D eigenvalue weighted by atomic mass is 31.2. The molecule has 0 bridgehead atoms. The predicted molar refractivity (Wildman–Crippen MR) is 221 cm³/mol. The van der Waals surface area contributed by atoms with E-state index in [0.29, 0.717) is 32.1 Å². The summed E-state index contributed by atoms with van der Waals surface area (Å²) >= 11 is 0. The molecule has 306 valence electrons. The maximum Gasteiger partial charge on any atom is 0.472 e. The second-order valence-corrected chi connectivity index (χ2v) is 14.1. The molecule has 0 radical (unpaired) electrons. The molecule has 0 aliphatic heterocycles. The van der Waals surface area contributed by atoms with E-state index in [1.54, 1.807) is 6.08 Å². The van der Waals surface area contributed by atoms with Gasteiger partial charge in [0.2, 0.25) is 0 Å². The molecule has 0 aromatic heterocycles. The lowest BCUT2D eigenvalue weighted by molar-refractivity contribution is -0.161. The minimum Gasteiger partial charge on any atom is -0.462 e. The Morgan fingerprint density at radius 2 is 1.24 bits per heavy atom. The minimum atomic E-state index is -4.42. The van der Waals surface area contributed by atoms with E-state index < -0.39 is 38.6 Å². The molecule has 0 saturated carbocycles. The first-order valence-electron chi connectivity index (χ1n) is 19.8. The third-order valence-corrected chi connectivity index (χ3v) is 8.52. The van der Waals surface area contributed by atoms with Crippen LogP contribution in [0.4, 0.5) is 0 Å². The van der Waals surface area contributed by atoms with Gasteiger partial charge in [0.05, 0.1) is 19.3 Å². The van der Waals surface area contributed by atoms with Crippen molar-refractivity contribution in [2.75, 3.05) is 26.4 Å². The summed E-state index contributed by atoms with van der Waals surface area (Å²) in [4.78, 5) is 34.7. The number of phosphoric acid groups is 1. The van der Waals surface area contributed by atoms with Gasteiger partial charge in [-0.15, -0.1) is 0 Å². The van der Waals surface area contributed by atoms with E-state index in [4.69, 9.17) is 24.3 Å². The Balaban J connectivity index is 4.47. The summed E-state index contributed by atoms with van der Waals surface area (Å²) in [7, 11) is -4.42. The number of unbranched alkanes of at least 4 members (excludes halogenated alkanes) is 6. The highest BCUT2D eigenvalue weighted by molar-refractivity contribution is 7.47. The molecule has 10 nitrogen and oxygen atoms in total. The van der Waals surface area contributed by atoms with Crippen LogP contribution in [0.2, 0.25) is 0 Å². The van der Waals surface area contributed by atoms with Crippen LogP contribution < -0.4 is 5.73 Å². The molecule has 0 aliphatic carbocycles. The van der Waals surface area contributed by atoms with E-state index in [1.807, 2.05) is 42.5 Å². The predicted octanol–water partition coefficient (Wildman–Crippen LogP) is 10.0. The van der Waals surface area contributed by atoms with E-state index >= 15 is 0 Å². The quantitative estimate of drug-likeness (QED) is 0.0186. The summed E-state index contributed by atoms with van der Waals surface area (Å²) in [5.74, 6) is -0.994. The SMILES string of the molecule is CC/C=C\C/C=C\CC(O)/C=C/C=C\C/C=C\CCCC(=O)O[C@H](COC(=O)CCCC/C=C\C/C=C\C/C=C\CCCCC)COP(=O)(O)OCCN. The number of rotatable bonds is 35. The van der Waals surface area contributed by atoms with Gasteiger partial charge in [0.25, 0.3) is 0 Å². The number of carbonyl (C=O) groups excluding carboxylic acids is 2. The Labute approximate surface area is 326 Å². The van der Waals surface area contributed by atoms with E-state index in [2.05, 4.69) is 62.5 Å². The minimum absolute atomic E-state index is 0.0234. The molecule has 4 N–H and O–H groups in total. The summed E-state index contributed by atoms with van der Waals surface area (Å²) in [6, 6.07) is 0. The lowest BCUT2D eigenvalue weighted by Gasteiger charge is -2.19. The summed E-state index contributed by atoms with van der Waals surface area (Å²) < 4.78 is 32.5. The van der Waals surface area contributed by atoms with Crippen LogP contribution in [0.3, 0.4) is 0 Å². The first-order valence-corrected chi connectivity index (χ1v) is 21.3. The number of aliphatic hydroxyl groups is 1. The smallest absolute Gasteiger partial charge is 0.462 e. The van der Waals surface area contributed by atoms with Crippen LogP contribution in [0.5, 0.6) is 0 Å². The summed E-state index contributed by atoms with van der Waals surface area (Å²) in [5, 5.41) is 10.00. The van der Waals surface area contributed by atoms with Crippen molar-refractivity contribution in [3.05, 3.63) is 97.2 Å². The van der Waals surface area contributed by atoms with Crippen molar-refractivity contribution in [2.45, 2.75) is 135 Å². The van der Waals surface area contributed by atoms with E-state index in [0.717, 1.165) is 44.9 Å². The van der Waals surface area contributed by atoms with Gasteiger partial charge in [0, 0.05) is 19.4 Å². The summed E-state index contributed by atoms with van der Waals surface area (Å²) in [6.07, 6.45) is 44.8. The lowest BCUT2D eigenvalue weighted by Crippen LogP contribution is -2.29. The molecule has 0 spiro atoms. The van der Waals surface area contributed by atoms with Crippen LogP contribution in [-0.2, 0) is 32.7 Å². The Morgan fingerprint density at radius 3 is 1.89 bits per heavy atom. The molecule has 0 heterocycles. The maximum atomic E-state index is 12.5. The molecule has 0 rings (SSSR count). The number of carbonyl (C=O) groups is 2. The van der Waals surface area contributed by atoms with Crippen molar-refractivity contribution in [3.8, 4) is 0 Å². The van der Waals surface area contributed by atoms with Gasteiger partial charge in [0.15, 0.2) is 6.10 Å². The fourth-order valence-corrected chi connectivity index (χ4v) is 5.35. The Bertz CT molecular complexity index is 1220. The number of ether oxygens (including phenoxy) is 2. The third-order valence-electron chi connectivity index (χ3n) is 7.53. The van der Waals surface area contributed by atoms with Gasteiger partial charge in [-0.25, -0.2) is 4.57 Å². The number of aliphatic hydroxyl groups excluding tert-OH is 1. The van der Waals surface area contributed by atoms with Gasteiger partial charge in [-0.05, 0) is 83.5 Å². The van der Waals surface area contributed by atoms with Crippen LogP contribution in [-0.4, -0.2) is 60.5 Å². The third kappa shape index (κ3) is 37.2.